The van der Waals surface area contributed by atoms with Crippen LogP contribution in [0.1, 0.15) is 32.8 Å². The highest BCUT2D eigenvalue weighted by Gasteiger charge is 2.28. The molecular formula is C14H20N2O3. The third-order valence-corrected chi connectivity index (χ3v) is 2.85. The van der Waals surface area contributed by atoms with E-state index in [-0.39, 0.29) is 24.2 Å². The largest absolute Gasteiger partial charge is 0.481 e. The van der Waals surface area contributed by atoms with Crippen LogP contribution in [0.3, 0.4) is 0 Å². The van der Waals surface area contributed by atoms with Gasteiger partial charge in [-0.3, -0.25) is 14.6 Å². The molecule has 1 unspecified atom stereocenters. The van der Waals surface area contributed by atoms with E-state index in [0.717, 1.165) is 5.56 Å². The van der Waals surface area contributed by atoms with Crippen LogP contribution in [0.5, 0.6) is 0 Å². The molecule has 1 atom stereocenters. The third-order valence-electron chi connectivity index (χ3n) is 2.85. The smallest absolute Gasteiger partial charge is 0.305 e. The first-order chi connectivity index (χ1) is 8.79. The van der Waals surface area contributed by atoms with Crippen LogP contribution < -0.4 is 5.32 Å². The number of rotatable bonds is 5. The summed E-state index contributed by atoms with van der Waals surface area (Å²) in [6, 6.07) is 3.19. The summed E-state index contributed by atoms with van der Waals surface area (Å²) >= 11 is 0. The lowest BCUT2D eigenvalue weighted by Crippen LogP contribution is -2.45. The fourth-order valence-corrected chi connectivity index (χ4v) is 1.68. The maximum Gasteiger partial charge on any atom is 0.305 e. The first-order valence-electron chi connectivity index (χ1n) is 6.19. The van der Waals surface area contributed by atoms with E-state index >= 15 is 0 Å². The molecule has 104 valence electrons. The summed E-state index contributed by atoms with van der Waals surface area (Å²) < 4.78 is 0. The van der Waals surface area contributed by atoms with Crippen LogP contribution in [0.4, 0.5) is 0 Å². The van der Waals surface area contributed by atoms with Crippen molar-refractivity contribution in [2.45, 2.75) is 39.7 Å². The molecule has 1 aromatic heterocycles. The molecule has 19 heavy (non-hydrogen) atoms. The van der Waals surface area contributed by atoms with Crippen molar-refractivity contribution in [1.29, 1.82) is 0 Å². The first kappa shape index (κ1) is 15.1. The fourth-order valence-electron chi connectivity index (χ4n) is 1.68. The summed E-state index contributed by atoms with van der Waals surface area (Å²) in [7, 11) is 0. The van der Waals surface area contributed by atoms with Crippen LogP contribution in [-0.2, 0) is 16.0 Å². The number of pyridine rings is 1. The molecule has 5 nitrogen and oxygen atoms in total. The molecule has 0 aliphatic carbocycles. The van der Waals surface area contributed by atoms with E-state index in [1.54, 1.807) is 18.5 Å². The SMILES string of the molecule is CC(C)(C)C(CC(=O)O)NC(=O)Cc1cccnc1. The number of carbonyl (C=O) groups is 2. The lowest BCUT2D eigenvalue weighted by atomic mass is 9.84. The molecule has 0 fully saturated rings. The number of carboxylic acid groups (broad SMARTS) is 1. The number of nitrogens with zero attached hydrogens (tertiary/aromatic N) is 1. The average molecular weight is 264 g/mol. The Hall–Kier alpha value is -1.91. The van der Waals surface area contributed by atoms with Crippen molar-refractivity contribution in [3.05, 3.63) is 30.1 Å². The number of amides is 1. The Bertz CT molecular complexity index is 438. The Morgan fingerprint density at radius 2 is 2.11 bits per heavy atom. The summed E-state index contributed by atoms with van der Waals surface area (Å²) in [6.07, 6.45) is 3.40. The van der Waals surface area contributed by atoms with Gasteiger partial charge < -0.3 is 10.4 Å². The number of hydrogen-bond acceptors (Lipinski definition) is 3. The lowest BCUT2D eigenvalue weighted by Gasteiger charge is -2.30. The molecule has 5 heteroatoms. The van der Waals surface area contributed by atoms with Gasteiger partial charge >= 0.3 is 5.97 Å². The van der Waals surface area contributed by atoms with E-state index in [4.69, 9.17) is 5.11 Å². The zero-order valence-corrected chi connectivity index (χ0v) is 11.5. The molecule has 2 N–H and O–H groups in total. The maximum absolute atomic E-state index is 11.9. The molecule has 1 rings (SSSR count). The first-order valence-corrected chi connectivity index (χ1v) is 6.19. The summed E-state index contributed by atoms with van der Waals surface area (Å²) in [5.74, 6) is -1.10. The molecule has 0 aliphatic heterocycles. The van der Waals surface area contributed by atoms with Gasteiger partial charge in [-0.1, -0.05) is 26.8 Å². The predicted molar refractivity (Wildman–Crippen MR) is 71.6 cm³/mol. The van der Waals surface area contributed by atoms with Gasteiger partial charge in [0.2, 0.25) is 5.91 Å². The lowest BCUT2D eigenvalue weighted by molar-refractivity contribution is -0.138. The van der Waals surface area contributed by atoms with E-state index in [0.29, 0.717) is 0 Å². The second kappa shape index (κ2) is 6.31. The van der Waals surface area contributed by atoms with E-state index < -0.39 is 12.0 Å². The van der Waals surface area contributed by atoms with Gasteiger partial charge in [-0.2, -0.15) is 0 Å². The highest BCUT2D eigenvalue weighted by atomic mass is 16.4. The van der Waals surface area contributed by atoms with Gasteiger partial charge in [0.1, 0.15) is 0 Å². The Balaban J connectivity index is 2.64. The maximum atomic E-state index is 11.9. The molecule has 0 aliphatic rings. The topological polar surface area (TPSA) is 79.3 Å². The highest BCUT2D eigenvalue weighted by Crippen LogP contribution is 2.22. The molecule has 0 saturated heterocycles. The van der Waals surface area contributed by atoms with Crippen molar-refractivity contribution in [3.63, 3.8) is 0 Å². The number of carboxylic acids is 1. The van der Waals surface area contributed by atoms with Crippen LogP contribution >= 0.6 is 0 Å². The predicted octanol–water partition coefficient (Wildman–Crippen LogP) is 1.63. The number of hydrogen-bond donors (Lipinski definition) is 2. The van der Waals surface area contributed by atoms with Crippen molar-refractivity contribution in [2.24, 2.45) is 5.41 Å². The van der Waals surface area contributed by atoms with Gasteiger partial charge in [-0.25, -0.2) is 0 Å². The highest BCUT2D eigenvalue weighted by molar-refractivity contribution is 5.79. The van der Waals surface area contributed by atoms with Crippen molar-refractivity contribution in [3.8, 4) is 0 Å². The van der Waals surface area contributed by atoms with Crippen LogP contribution in [-0.4, -0.2) is 28.0 Å². The van der Waals surface area contributed by atoms with Gasteiger partial charge in [0.05, 0.1) is 12.8 Å². The van der Waals surface area contributed by atoms with E-state index in [1.807, 2.05) is 26.8 Å². The molecule has 0 spiro atoms. The third kappa shape index (κ3) is 5.50. The number of carbonyl (C=O) groups excluding carboxylic acids is 1. The molecule has 0 saturated carbocycles. The van der Waals surface area contributed by atoms with Gasteiger partial charge in [0.25, 0.3) is 0 Å². The molecule has 0 aromatic carbocycles. The minimum atomic E-state index is -0.915. The van der Waals surface area contributed by atoms with Crippen molar-refractivity contribution in [2.75, 3.05) is 0 Å². The summed E-state index contributed by atoms with van der Waals surface area (Å²) in [5, 5.41) is 11.7. The molecular weight excluding hydrogens is 244 g/mol. The monoisotopic (exact) mass is 264 g/mol. The van der Waals surface area contributed by atoms with Gasteiger partial charge in [-0.15, -0.1) is 0 Å². The Morgan fingerprint density at radius 3 is 2.58 bits per heavy atom. The summed E-state index contributed by atoms with van der Waals surface area (Å²) in [4.78, 5) is 26.7. The zero-order valence-electron chi connectivity index (χ0n) is 11.5. The quantitative estimate of drug-likeness (QED) is 0.847. The average Bonchev–Trinajstić information content (AvgIpc) is 2.27. The molecule has 1 amide bonds. The fraction of sp³-hybridized carbons (Fsp3) is 0.500. The standard InChI is InChI=1S/C14H20N2O3/c1-14(2,3)11(8-13(18)19)16-12(17)7-10-5-4-6-15-9-10/h4-6,9,11H,7-8H2,1-3H3,(H,16,17)(H,18,19). The summed E-state index contributed by atoms with van der Waals surface area (Å²) in [6.45, 7) is 5.72. The molecule has 1 heterocycles. The van der Waals surface area contributed by atoms with Crippen LogP contribution in [0.15, 0.2) is 24.5 Å². The van der Waals surface area contributed by atoms with Crippen molar-refractivity contribution >= 4 is 11.9 Å². The molecule has 1 aromatic rings. The minimum Gasteiger partial charge on any atom is -0.481 e. The van der Waals surface area contributed by atoms with E-state index in [1.165, 1.54) is 0 Å². The number of nitrogens with one attached hydrogen (secondary N) is 1. The van der Waals surface area contributed by atoms with Crippen molar-refractivity contribution < 1.29 is 14.7 Å². The molecule has 0 bridgehead atoms. The zero-order chi connectivity index (χ0) is 14.5. The Labute approximate surface area is 113 Å². The minimum absolute atomic E-state index is 0.0811. The van der Waals surface area contributed by atoms with Crippen LogP contribution in [0.2, 0.25) is 0 Å². The Morgan fingerprint density at radius 1 is 1.42 bits per heavy atom. The number of aromatic nitrogens is 1. The normalized spacial score (nSPS) is 12.8. The summed E-state index contributed by atoms with van der Waals surface area (Å²) in [5.41, 5.74) is 0.506. The van der Waals surface area contributed by atoms with Gasteiger partial charge in [-0.05, 0) is 17.0 Å². The number of aliphatic carboxylic acids is 1. The van der Waals surface area contributed by atoms with Gasteiger partial charge in [0, 0.05) is 18.4 Å². The van der Waals surface area contributed by atoms with Gasteiger partial charge in [0.15, 0.2) is 0 Å². The second-order valence-corrected chi connectivity index (χ2v) is 5.62. The van der Waals surface area contributed by atoms with Crippen LogP contribution in [0.25, 0.3) is 0 Å². The van der Waals surface area contributed by atoms with Crippen LogP contribution in [0, 0.1) is 5.41 Å². The Kier molecular flexibility index (Phi) is 5.03. The second-order valence-electron chi connectivity index (χ2n) is 5.62. The van der Waals surface area contributed by atoms with Crippen molar-refractivity contribution in [1.82, 2.24) is 10.3 Å². The van der Waals surface area contributed by atoms with E-state index in [9.17, 15) is 9.59 Å². The molecule has 0 radical (unpaired) electrons. The van der Waals surface area contributed by atoms with E-state index in [2.05, 4.69) is 10.3 Å².